The zero-order valence-corrected chi connectivity index (χ0v) is 10.8. The zero-order valence-electron chi connectivity index (χ0n) is 10.8. The third-order valence-electron chi connectivity index (χ3n) is 3.86. The molecule has 4 nitrogen and oxygen atoms in total. The monoisotopic (exact) mass is 260 g/mol. The molecule has 0 bridgehead atoms. The number of likely N-dealkylation sites (tertiary alicyclic amines) is 1. The van der Waals surface area contributed by atoms with Gasteiger partial charge in [-0.15, -0.1) is 0 Å². The minimum Gasteiger partial charge on any atom is -0.506 e. The number of benzene rings is 1. The molecule has 1 aromatic carbocycles. The highest BCUT2D eigenvalue weighted by Crippen LogP contribution is 2.25. The Morgan fingerprint density at radius 2 is 1.89 bits per heavy atom. The number of nitrogens with one attached hydrogen (secondary N) is 1. The minimum atomic E-state index is -0.408. The molecule has 0 unspecified atom stereocenters. The normalized spacial score (nSPS) is 16.8. The van der Waals surface area contributed by atoms with E-state index in [-0.39, 0.29) is 5.75 Å². The molecule has 0 aliphatic carbocycles. The van der Waals surface area contributed by atoms with Crippen molar-refractivity contribution in [3.63, 3.8) is 0 Å². The molecule has 100 valence electrons. The Bertz CT molecular complexity index is 641. The maximum atomic E-state index is 12.0. The molecule has 2 N–H and O–H groups in total. The third-order valence-corrected chi connectivity index (χ3v) is 3.86. The summed E-state index contributed by atoms with van der Waals surface area (Å²) in [5.74, 6) is 0.0879. The maximum absolute atomic E-state index is 12.0. The molecule has 1 aromatic heterocycles. The average molecular weight is 260 g/mol. The first kappa shape index (κ1) is 12.2. The van der Waals surface area contributed by atoms with Crippen LogP contribution >= 0.6 is 0 Å². The number of hydrogen-bond acceptors (Lipinski definition) is 3. The van der Waals surface area contributed by atoms with Crippen LogP contribution in [0.4, 0.5) is 0 Å². The van der Waals surface area contributed by atoms with Gasteiger partial charge in [-0.1, -0.05) is 12.1 Å². The Morgan fingerprint density at radius 3 is 2.68 bits per heavy atom. The minimum absolute atomic E-state index is 0.0879. The predicted molar refractivity (Wildman–Crippen MR) is 72.4 cm³/mol. The number of quaternary nitrogens is 1. The largest absolute Gasteiger partial charge is 0.506 e. The van der Waals surface area contributed by atoms with E-state index in [9.17, 15) is 9.90 Å². The molecule has 2 heterocycles. The second-order valence-corrected chi connectivity index (χ2v) is 5.20. The van der Waals surface area contributed by atoms with Crippen LogP contribution in [0.25, 0.3) is 11.0 Å². The summed E-state index contributed by atoms with van der Waals surface area (Å²) >= 11 is 0. The zero-order chi connectivity index (χ0) is 13.2. The molecule has 0 radical (unpaired) electrons. The summed E-state index contributed by atoms with van der Waals surface area (Å²) in [6.45, 7) is 2.68. The second-order valence-electron chi connectivity index (χ2n) is 5.20. The van der Waals surface area contributed by atoms with E-state index in [0.29, 0.717) is 23.1 Å². The van der Waals surface area contributed by atoms with Crippen LogP contribution in [0.1, 0.15) is 24.8 Å². The Morgan fingerprint density at radius 1 is 1.16 bits per heavy atom. The van der Waals surface area contributed by atoms with Gasteiger partial charge < -0.3 is 14.4 Å². The van der Waals surface area contributed by atoms with E-state index in [2.05, 4.69) is 0 Å². The van der Waals surface area contributed by atoms with Crippen molar-refractivity contribution in [3.05, 3.63) is 40.2 Å². The quantitative estimate of drug-likeness (QED) is 0.794. The standard InChI is InChI=1S/C15H17NO3/c17-14-11-6-2-3-7-13(11)19-15(18)12(14)10-16-8-4-1-5-9-16/h2-3,6-7,17H,1,4-5,8-10H2/p+1. The molecule has 19 heavy (non-hydrogen) atoms. The number of para-hydroxylation sites is 1. The van der Waals surface area contributed by atoms with Crippen LogP contribution in [0.5, 0.6) is 5.75 Å². The van der Waals surface area contributed by atoms with E-state index in [1.807, 2.05) is 6.07 Å². The van der Waals surface area contributed by atoms with Gasteiger partial charge in [0, 0.05) is 0 Å². The Hall–Kier alpha value is -1.81. The van der Waals surface area contributed by atoms with Gasteiger partial charge in [-0.2, -0.15) is 0 Å². The van der Waals surface area contributed by atoms with Gasteiger partial charge in [-0.05, 0) is 31.4 Å². The lowest BCUT2D eigenvalue weighted by Gasteiger charge is -2.23. The lowest BCUT2D eigenvalue weighted by molar-refractivity contribution is -0.918. The van der Waals surface area contributed by atoms with E-state index >= 15 is 0 Å². The first-order valence-corrected chi connectivity index (χ1v) is 6.83. The van der Waals surface area contributed by atoms with Crippen LogP contribution in [-0.2, 0) is 6.54 Å². The first-order valence-electron chi connectivity index (χ1n) is 6.83. The molecule has 1 saturated heterocycles. The van der Waals surface area contributed by atoms with Crippen molar-refractivity contribution in [2.75, 3.05) is 13.1 Å². The molecule has 3 rings (SSSR count). The van der Waals surface area contributed by atoms with Crippen molar-refractivity contribution < 1.29 is 14.4 Å². The van der Waals surface area contributed by atoms with Gasteiger partial charge in [0.15, 0.2) is 0 Å². The van der Waals surface area contributed by atoms with E-state index in [0.717, 1.165) is 13.1 Å². The molecule has 1 aliphatic heterocycles. The summed E-state index contributed by atoms with van der Waals surface area (Å²) in [6, 6.07) is 7.11. The number of aromatic hydroxyl groups is 1. The fourth-order valence-corrected chi connectivity index (χ4v) is 2.81. The van der Waals surface area contributed by atoms with Crippen molar-refractivity contribution in [2.24, 2.45) is 0 Å². The molecule has 0 saturated carbocycles. The van der Waals surface area contributed by atoms with Gasteiger partial charge in [-0.25, -0.2) is 4.79 Å². The first-order chi connectivity index (χ1) is 9.25. The molecular formula is C15H18NO3+. The van der Waals surface area contributed by atoms with Crippen LogP contribution in [0.15, 0.2) is 33.5 Å². The summed E-state index contributed by atoms with van der Waals surface area (Å²) in [6.07, 6.45) is 3.64. The van der Waals surface area contributed by atoms with Gasteiger partial charge in [0.1, 0.15) is 23.4 Å². The topological polar surface area (TPSA) is 54.9 Å². The molecule has 0 amide bonds. The van der Waals surface area contributed by atoms with Gasteiger partial charge >= 0.3 is 5.63 Å². The molecular weight excluding hydrogens is 242 g/mol. The summed E-state index contributed by atoms with van der Waals surface area (Å²) in [7, 11) is 0. The highest BCUT2D eigenvalue weighted by molar-refractivity contribution is 5.83. The van der Waals surface area contributed by atoms with Gasteiger partial charge in [0.05, 0.1) is 18.5 Å². The van der Waals surface area contributed by atoms with Crippen LogP contribution in [-0.4, -0.2) is 18.2 Å². The summed E-state index contributed by atoms with van der Waals surface area (Å²) < 4.78 is 5.29. The van der Waals surface area contributed by atoms with Crippen LogP contribution in [0.2, 0.25) is 0 Å². The summed E-state index contributed by atoms with van der Waals surface area (Å²) in [5.41, 5.74) is 0.451. The van der Waals surface area contributed by atoms with E-state index in [4.69, 9.17) is 4.42 Å². The van der Waals surface area contributed by atoms with Gasteiger partial charge in [0.25, 0.3) is 0 Å². The predicted octanol–water partition coefficient (Wildman–Crippen LogP) is 1.07. The number of hydrogen-bond donors (Lipinski definition) is 2. The van der Waals surface area contributed by atoms with Crippen molar-refractivity contribution in [1.82, 2.24) is 0 Å². The molecule has 0 atom stereocenters. The van der Waals surface area contributed by atoms with Crippen molar-refractivity contribution in [2.45, 2.75) is 25.8 Å². The highest BCUT2D eigenvalue weighted by Gasteiger charge is 2.20. The van der Waals surface area contributed by atoms with Crippen LogP contribution in [0.3, 0.4) is 0 Å². The Labute approximate surface area is 111 Å². The molecule has 4 heteroatoms. The smallest absolute Gasteiger partial charge is 0.349 e. The Kier molecular flexibility index (Phi) is 3.25. The van der Waals surface area contributed by atoms with E-state index in [1.54, 1.807) is 18.2 Å². The number of piperidine rings is 1. The third kappa shape index (κ3) is 2.36. The number of fused-ring (bicyclic) bond motifs is 1. The van der Waals surface area contributed by atoms with E-state index in [1.165, 1.54) is 24.2 Å². The second kappa shape index (κ2) is 5.05. The molecule has 2 aromatic rings. The van der Waals surface area contributed by atoms with E-state index < -0.39 is 5.63 Å². The van der Waals surface area contributed by atoms with Crippen molar-refractivity contribution >= 4 is 11.0 Å². The van der Waals surface area contributed by atoms with Gasteiger partial charge in [0.2, 0.25) is 0 Å². The maximum Gasteiger partial charge on any atom is 0.349 e. The van der Waals surface area contributed by atoms with Gasteiger partial charge in [-0.3, -0.25) is 0 Å². The Balaban J connectivity index is 2.00. The van der Waals surface area contributed by atoms with Crippen molar-refractivity contribution in [3.8, 4) is 5.75 Å². The highest BCUT2D eigenvalue weighted by atomic mass is 16.4. The number of rotatable bonds is 2. The fourth-order valence-electron chi connectivity index (χ4n) is 2.81. The average Bonchev–Trinajstić information content (AvgIpc) is 2.45. The van der Waals surface area contributed by atoms with Crippen molar-refractivity contribution in [1.29, 1.82) is 0 Å². The molecule has 1 aliphatic rings. The molecule has 0 spiro atoms. The summed E-state index contributed by atoms with van der Waals surface area (Å²) in [5, 5.41) is 10.9. The summed E-state index contributed by atoms with van der Waals surface area (Å²) in [4.78, 5) is 13.3. The lowest BCUT2D eigenvalue weighted by atomic mass is 10.1. The fraction of sp³-hybridized carbons (Fsp3) is 0.400. The van der Waals surface area contributed by atoms with Crippen LogP contribution in [0, 0.1) is 0 Å². The lowest BCUT2D eigenvalue weighted by Crippen LogP contribution is -3.11. The SMILES string of the molecule is O=c1oc2ccccc2c(O)c1C[NH+]1CCCCC1. The van der Waals surface area contributed by atoms with Crippen LogP contribution < -0.4 is 10.5 Å². The molecule has 1 fully saturated rings.